The SMILES string of the molecule is O=C(CN1CCCC1c1ccccn1)Nc1nc(-c2ccccc2)cs1. The summed E-state index contributed by atoms with van der Waals surface area (Å²) in [6.45, 7) is 1.28. The fourth-order valence-corrected chi connectivity index (χ4v) is 4.08. The standard InChI is InChI=1S/C20H20N4OS/c25-19(13-24-12-6-10-18(24)16-9-4-5-11-21-16)23-20-22-17(14-26-20)15-7-2-1-3-8-15/h1-5,7-9,11,14,18H,6,10,12-13H2,(H,22,23,25). The highest BCUT2D eigenvalue weighted by atomic mass is 32.1. The van der Waals surface area contributed by atoms with Gasteiger partial charge in [-0.2, -0.15) is 0 Å². The predicted octanol–water partition coefficient (Wildman–Crippen LogP) is 3.98. The quantitative estimate of drug-likeness (QED) is 0.744. The second-order valence-corrected chi connectivity index (χ2v) is 7.19. The maximum Gasteiger partial charge on any atom is 0.240 e. The molecule has 1 N–H and O–H groups in total. The molecule has 1 aromatic carbocycles. The van der Waals surface area contributed by atoms with Gasteiger partial charge in [-0.05, 0) is 31.5 Å². The summed E-state index contributed by atoms with van der Waals surface area (Å²) in [6, 6.07) is 16.2. The van der Waals surface area contributed by atoms with Crippen molar-refractivity contribution >= 4 is 22.4 Å². The number of nitrogens with one attached hydrogen (secondary N) is 1. The topological polar surface area (TPSA) is 58.1 Å². The van der Waals surface area contributed by atoms with Gasteiger partial charge < -0.3 is 5.32 Å². The Kier molecular flexibility index (Phi) is 5.04. The van der Waals surface area contributed by atoms with Crippen LogP contribution in [0.4, 0.5) is 5.13 Å². The smallest absolute Gasteiger partial charge is 0.240 e. The lowest BCUT2D eigenvalue weighted by Gasteiger charge is -2.23. The number of hydrogen-bond donors (Lipinski definition) is 1. The minimum Gasteiger partial charge on any atom is -0.301 e. The van der Waals surface area contributed by atoms with E-state index in [2.05, 4.69) is 20.2 Å². The van der Waals surface area contributed by atoms with Gasteiger partial charge in [0.05, 0.1) is 24.0 Å². The first kappa shape index (κ1) is 16.9. The van der Waals surface area contributed by atoms with E-state index in [0.717, 1.165) is 36.3 Å². The van der Waals surface area contributed by atoms with Crippen molar-refractivity contribution in [1.29, 1.82) is 0 Å². The second-order valence-electron chi connectivity index (χ2n) is 6.34. The van der Waals surface area contributed by atoms with E-state index in [-0.39, 0.29) is 11.9 Å². The van der Waals surface area contributed by atoms with Gasteiger partial charge in [0.1, 0.15) is 0 Å². The number of pyridine rings is 1. The van der Waals surface area contributed by atoms with Gasteiger partial charge in [-0.25, -0.2) is 4.98 Å². The van der Waals surface area contributed by atoms with Gasteiger partial charge in [0, 0.05) is 17.1 Å². The van der Waals surface area contributed by atoms with Crippen LogP contribution in [-0.2, 0) is 4.79 Å². The van der Waals surface area contributed by atoms with Crippen molar-refractivity contribution in [2.75, 3.05) is 18.4 Å². The Morgan fingerprint density at radius 1 is 1.19 bits per heavy atom. The van der Waals surface area contributed by atoms with Crippen molar-refractivity contribution in [3.05, 3.63) is 65.8 Å². The highest BCUT2D eigenvalue weighted by molar-refractivity contribution is 7.14. The third-order valence-corrected chi connectivity index (χ3v) is 5.32. The van der Waals surface area contributed by atoms with E-state index in [1.807, 2.05) is 60.1 Å². The van der Waals surface area contributed by atoms with Gasteiger partial charge >= 0.3 is 0 Å². The van der Waals surface area contributed by atoms with Gasteiger partial charge in [0.15, 0.2) is 5.13 Å². The van der Waals surface area contributed by atoms with Crippen LogP contribution in [0.2, 0.25) is 0 Å². The van der Waals surface area contributed by atoms with E-state index in [1.54, 1.807) is 0 Å². The summed E-state index contributed by atoms with van der Waals surface area (Å²) in [4.78, 5) is 23.7. The molecular formula is C20H20N4OS. The van der Waals surface area contributed by atoms with E-state index in [9.17, 15) is 4.79 Å². The fraction of sp³-hybridized carbons (Fsp3) is 0.250. The zero-order chi connectivity index (χ0) is 17.8. The van der Waals surface area contributed by atoms with Crippen molar-refractivity contribution in [1.82, 2.24) is 14.9 Å². The minimum absolute atomic E-state index is 0.0261. The number of likely N-dealkylation sites (tertiary alicyclic amines) is 1. The molecule has 26 heavy (non-hydrogen) atoms. The van der Waals surface area contributed by atoms with Gasteiger partial charge in [-0.1, -0.05) is 36.4 Å². The fourth-order valence-electron chi connectivity index (χ4n) is 3.34. The molecule has 1 saturated heterocycles. The van der Waals surface area contributed by atoms with Crippen LogP contribution in [-0.4, -0.2) is 33.9 Å². The molecular weight excluding hydrogens is 344 g/mol. The molecule has 3 aromatic rings. The molecule has 6 heteroatoms. The molecule has 1 atom stereocenters. The molecule has 0 aliphatic carbocycles. The first-order valence-electron chi connectivity index (χ1n) is 8.75. The van der Waals surface area contributed by atoms with Crippen molar-refractivity contribution in [2.24, 2.45) is 0 Å². The Morgan fingerprint density at radius 3 is 2.85 bits per heavy atom. The second kappa shape index (κ2) is 7.76. The predicted molar refractivity (Wildman–Crippen MR) is 104 cm³/mol. The summed E-state index contributed by atoms with van der Waals surface area (Å²) in [5, 5.41) is 5.55. The molecule has 1 aliphatic heterocycles. The van der Waals surface area contributed by atoms with E-state index in [0.29, 0.717) is 11.7 Å². The molecule has 1 fully saturated rings. The van der Waals surface area contributed by atoms with Crippen molar-refractivity contribution in [3.63, 3.8) is 0 Å². The first-order chi connectivity index (χ1) is 12.8. The molecule has 0 saturated carbocycles. The van der Waals surface area contributed by atoms with Gasteiger partial charge in [-0.3, -0.25) is 14.7 Å². The number of rotatable bonds is 5. The number of benzene rings is 1. The third kappa shape index (κ3) is 3.81. The van der Waals surface area contributed by atoms with Gasteiger partial charge in [0.25, 0.3) is 0 Å². The normalized spacial score (nSPS) is 17.3. The zero-order valence-electron chi connectivity index (χ0n) is 14.3. The summed E-state index contributed by atoms with van der Waals surface area (Å²) in [5.41, 5.74) is 2.98. The molecule has 0 spiro atoms. The Balaban J connectivity index is 1.39. The number of thiazole rings is 1. The molecule has 132 valence electrons. The van der Waals surface area contributed by atoms with Gasteiger partial charge in [0.2, 0.25) is 5.91 Å². The highest BCUT2D eigenvalue weighted by Gasteiger charge is 2.28. The molecule has 3 heterocycles. The Bertz CT molecular complexity index is 866. The van der Waals surface area contributed by atoms with Crippen molar-refractivity contribution in [3.8, 4) is 11.3 Å². The lowest BCUT2D eigenvalue weighted by molar-refractivity contribution is -0.117. The lowest BCUT2D eigenvalue weighted by Crippen LogP contribution is -2.33. The molecule has 0 bridgehead atoms. The Labute approximate surface area is 156 Å². The summed E-state index contributed by atoms with van der Waals surface area (Å²) >= 11 is 1.45. The monoisotopic (exact) mass is 364 g/mol. The van der Waals surface area contributed by atoms with Gasteiger partial charge in [-0.15, -0.1) is 11.3 Å². The van der Waals surface area contributed by atoms with Crippen molar-refractivity contribution in [2.45, 2.75) is 18.9 Å². The summed E-state index contributed by atoms with van der Waals surface area (Å²) in [7, 11) is 0. The molecule has 0 radical (unpaired) electrons. The molecule has 2 aromatic heterocycles. The largest absolute Gasteiger partial charge is 0.301 e. The van der Waals surface area contributed by atoms with Crippen LogP contribution in [0.1, 0.15) is 24.6 Å². The average Bonchev–Trinajstić information content (AvgIpc) is 3.33. The highest BCUT2D eigenvalue weighted by Crippen LogP contribution is 2.30. The number of amides is 1. The van der Waals surface area contributed by atoms with E-state index < -0.39 is 0 Å². The maximum absolute atomic E-state index is 12.5. The van der Waals surface area contributed by atoms with Crippen LogP contribution < -0.4 is 5.32 Å². The number of hydrogen-bond acceptors (Lipinski definition) is 5. The Hall–Kier alpha value is -2.57. The van der Waals surface area contributed by atoms with E-state index >= 15 is 0 Å². The Morgan fingerprint density at radius 2 is 2.04 bits per heavy atom. The summed E-state index contributed by atoms with van der Waals surface area (Å²) < 4.78 is 0. The van der Waals surface area contributed by atoms with Crippen LogP contribution in [0.5, 0.6) is 0 Å². The maximum atomic E-state index is 12.5. The van der Waals surface area contributed by atoms with E-state index in [4.69, 9.17) is 0 Å². The zero-order valence-corrected chi connectivity index (χ0v) is 15.2. The first-order valence-corrected chi connectivity index (χ1v) is 9.63. The number of nitrogens with zero attached hydrogens (tertiary/aromatic N) is 3. The molecule has 4 rings (SSSR count). The average molecular weight is 364 g/mol. The molecule has 1 unspecified atom stereocenters. The summed E-state index contributed by atoms with van der Waals surface area (Å²) in [6.07, 6.45) is 3.94. The molecule has 1 aliphatic rings. The molecule has 5 nitrogen and oxygen atoms in total. The van der Waals surface area contributed by atoms with Crippen LogP contribution in [0.3, 0.4) is 0 Å². The van der Waals surface area contributed by atoms with Crippen LogP contribution >= 0.6 is 11.3 Å². The van der Waals surface area contributed by atoms with E-state index in [1.165, 1.54) is 11.3 Å². The number of carbonyl (C=O) groups is 1. The van der Waals surface area contributed by atoms with Crippen LogP contribution in [0.25, 0.3) is 11.3 Å². The number of anilines is 1. The minimum atomic E-state index is -0.0261. The lowest BCUT2D eigenvalue weighted by atomic mass is 10.1. The summed E-state index contributed by atoms with van der Waals surface area (Å²) in [5.74, 6) is -0.0261. The van der Waals surface area contributed by atoms with Crippen LogP contribution in [0, 0.1) is 0 Å². The third-order valence-electron chi connectivity index (χ3n) is 4.56. The number of carbonyl (C=O) groups excluding carboxylic acids is 1. The van der Waals surface area contributed by atoms with Crippen LogP contribution in [0.15, 0.2) is 60.1 Å². The van der Waals surface area contributed by atoms with Crippen molar-refractivity contribution < 1.29 is 4.79 Å². The molecule has 1 amide bonds. The number of aromatic nitrogens is 2.